The third-order valence-corrected chi connectivity index (χ3v) is 4.90. The van der Waals surface area contributed by atoms with Gasteiger partial charge in [0.15, 0.2) is 0 Å². The molecule has 0 saturated carbocycles. The van der Waals surface area contributed by atoms with Crippen LogP contribution < -0.4 is 5.43 Å². The van der Waals surface area contributed by atoms with Crippen molar-refractivity contribution in [3.8, 4) is 0 Å². The van der Waals surface area contributed by atoms with Crippen LogP contribution in [-0.2, 0) is 12.6 Å². The Morgan fingerprint density at radius 2 is 1.92 bits per heavy atom. The highest BCUT2D eigenvalue weighted by Crippen LogP contribution is 2.33. The van der Waals surface area contributed by atoms with Gasteiger partial charge in [-0.1, -0.05) is 29.5 Å². The Morgan fingerprint density at radius 3 is 2.71 bits per heavy atom. The first-order chi connectivity index (χ1) is 11.5. The number of para-hydroxylation sites is 1. The zero-order chi connectivity index (χ0) is 16.7. The number of aryl methyl sites for hydroxylation is 1. The van der Waals surface area contributed by atoms with Crippen LogP contribution in [0.15, 0.2) is 47.6 Å². The predicted molar refractivity (Wildman–Crippen MR) is 89.5 cm³/mol. The Labute approximate surface area is 139 Å². The minimum absolute atomic E-state index is 0.568. The standard InChI is InChI=1S/C17H12F3N3S/c18-17(19,20)11-7-5-10-6-8-13(12(10)9-11)22-23-16-21-14-3-1-2-4-15(14)24-16/h1-5,7,9H,6,8H2,(H,21,23)/b22-13-. The summed E-state index contributed by atoms with van der Waals surface area (Å²) in [4.78, 5) is 4.41. The van der Waals surface area contributed by atoms with Crippen molar-refractivity contribution < 1.29 is 13.2 Å². The molecular weight excluding hydrogens is 335 g/mol. The predicted octanol–water partition coefficient (Wildman–Crippen LogP) is 5.08. The summed E-state index contributed by atoms with van der Waals surface area (Å²) in [6, 6.07) is 11.6. The lowest BCUT2D eigenvalue weighted by Crippen LogP contribution is -2.07. The van der Waals surface area contributed by atoms with Crippen LogP contribution in [0.5, 0.6) is 0 Å². The maximum atomic E-state index is 12.9. The third kappa shape index (κ3) is 2.75. The van der Waals surface area contributed by atoms with Gasteiger partial charge in [0, 0.05) is 5.56 Å². The van der Waals surface area contributed by atoms with E-state index in [1.165, 1.54) is 17.4 Å². The summed E-state index contributed by atoms with van der Waals surface area (Å²) in [5.74, 6) is 0. The fourth-order valence-corrected chi connectivity index (χ4v) is 3.59. The van der Waals surface area contributed by atoms with Gasteiger partial charge in [0.05, 0.1) is 21.5 Å². The number of alkyl halides is 3. The average Bonchev–Trinajstić information content (AvgIpc) is 3.15. The van der Waals surface area contributed by atoms with Crippen molar-refractivity contribution in [1.29, 1.82) is 0 Å². The minimum Gasteiger partial charge on any atom is -0.252 e. The minimum atomic E-state index is -4.34. The molecule has 0 amide bonds. The van der Waals surface area contributed by atoms with Crippen molar-refractivity contribution in [2.24, 2.45) is 5.10 Å². The van der Waals surface area contributed by atoms with Crippen LogP contribution in [0.25, 0.3) is 10.2 Å². The first-order valence-electron chi connectivity index (χ1n) is 7.39. The van der Waals surface area contributed by atoms with E-state index in [9.17, 15) is 13.2 Å². The smallest absolute Gasteiger partial charge is 0.252 e. The second-order valence-corrected chi connectivity index (χ2v) is 6.56. The maximum Gasteiger partial charge on any atom is 0.416 e. The summed E-state index contributed by atoms with van der Waals surface area (Å²) in [5, 5.41) is 4.93. The van der Waals surface area contributed by atoms with E-state index < -0.39 is 11.7 Å². The van der Waals surface area contributed by atoms with Gasteiger partial charge in [-0.05, 0) is 42.7 Å². The second-order valence-electron chi connectivity index (χ2n) is 5.53. The molecule has 1 aliphatic carbocycles. The summed E-state index contributed by atoms with van der Waals surface area (Å²) in [6.45, 7) is 0. The monoisotopic (exact) mass is 347 g/mol. The molecule has 3 aromatic rings. The normalized spacial score (nSPS) is 15.9. The van der Waals surface area contributed by atoms with E-state index in [-0.39, 0.29) is 0 Å². The molecule has 2 aromatic carbocycles. The van der Waals surface area contributed by atoms with Crippen LogP contribution >= 0.6 is 11.3 Å². The fourth-order valence-electron chi connectivity index (χ4n) is 2.78. The van der Waals surface area contributed by atoms with E-state index >= 15 is 0 Å². The molecule has 0 bridgehead atoms. The summed E-state index contributed by atoms with van der Waals surface area (Å²) in [6.07, 6.45) is -3.02. The van der Waals surface area contributed by atoms with E-state index in [0.717, 1.165) is 21.8 Å². The fraction of sp³-hybridized carbons (Fsp3) is 0.176. The topological polar surface area (TPSA) is 37.3 Å². The molecule has 0 aliphatic heterocycles. The summed E-state index contributed by atoms with van der Waals surface area (Å²) in [5.41, 5.74) is 5.22. The van der Waals surface area contributed by atoms with E-state index in [1.807, 2.05) is 24.3 Å². The number of aromatic nitrogens is 1. The Balaban J connectivity index is 1.63. The van der Waals surface area contributed by atoms with Gasteiger partial charge in [0.25, 0.3) is 0 Å². The first kappa shape index (κ1) is 15.1. The highest BCUT2D eigenvalue weighted by molar-refractivity contribution is 7.22. The molecule has 0 radical (unpaired) electrons. The lowest BCUT2D eigenvalue weighted by atomic mass is 10.1. The van der Waals surface area contributed by atoms with Crippen LogP contribution in [0.4, 0.5) is 18.3 Å². The van der Waals surface area contributed by atoms with Gasteiger partial charge < -0.3 is 0 Å². The highest BCUT2D eigenvalue weighted by Gasteiger charge is 2.32. The zero-order valence-corrected chi connectivity index (χ0v) is 13.2. The molecule has 1 aliphatic rings. The molecule has 4 rings (SSSR count). The molecule has 1 N–H and O–H groups in total. The van der Waals surface area contributed by atoms with Gasteiger partial charge in [-0.3, -0.25) is 5.43 Å². The molecule has 122 valence electrons. The van der Waals surface area contributed by atoms with Gasteiger partial charge in [-0.25, -0.2) is 4.98 Å². The van der Waals surface area contributed by atoms with Crippen molar-refractivity contribution in [3.63, 3.8) is 0 Å². The number of hydrogen-bond donors (Lipinski definition) is 1. The maximum absolute atomic E-state index is 12.9. The Bertz CT molecular complexity index is 911. The number of hydrogen-bond acceptors (Lipinski definition) is 4. The van der Waals surface area contributed by atoms with Crippen molar-refractivity contribution >= 4 is 32.4 Å². The molecule has 0 fully saturated rings. The van der Waals surface area contributed by atoms with Crippen molar-refractivity contribution in [3.05, 3.63) is 59.2 Å². The number of thiazole rings is 1. The molecule has 24 heavy (non-hydrogen) atoms. The highest BCUT2D eigenvalue weighted by atomic mass is 32.1. The van der Waals surface area contributed by atoms with Gasteiger partial charge in [-0.2, -0.15) is 18.3 Å². The Kier molecular flexibility index (Phi) is 3.53. The summed E-state index contributed by atoms with van der Waals surface area (Å²) < 4.78 is 39.7. The number of anilines is 1. The average molecular weight is 347 g/mol. The summed E-state index contributed by atoms with van der Waals surface area (Å²) in [7, 11) is 0. The van der Waals surface area contributed by atoms with Crippen LogP contribution in [0.1, 0.15) is 23.1 Å². The third-order valence-electron chi connectivity index (χ3n) is 3.96. The van der Waals surface area contributed by atoms with Crippen LogP contribution in [0.2, 0.25) is 0 Å². The molecular formula is C17H12F3N3S. The number of nitrogens with one attached hydrogen (secondary N) is 1. The van der Waals surface area contributed by atoms with Gasteiger partial charge in [0.2, 0.25) is 5.13 Å². The first-order valence-corrected chi connectivity index (χ1v) is 8.21. The number of hydrazone groups is 1. The summed E-state index contributed by atoms with van der Waals surface area (Å²) >= 11 is 1.46. The van der Waals surface area contributed by atoms with Gasteiger partial charge in [0.1, 0.15) is 0 Å². The molecule has 3 nitrogen and oxygen atoms in total. The van der Waals surface area contributed by atoms with Crippen LogP contribution in [0.3, 0.4) is 0 Å². The molecule has 7 heteroatoms. The molecule has 0 saturated heterocycles. The second kappa shape index (κ2) is 5.59. The van der Waals surface area contributed by atoms with Crippen molar-refractivity contribution in [2.75, 3.05) is 5.43 Å². The SMILES string of the molecule is FC(F)(F)c1ccc2c(c1)/C(=N\Nc1nc3ccccc3s1)CC2. The molecule has 1 aromatic heterocycles. The lowest BCUT2D eigenvalue weighted by Gasteiger charge is -2.08. The Hall–Kier alpha value is -2.41. The number of halogens is 3. The van der Waals surface area contributed by atoms with E-state index in [4.69, 9.17) is 0 Å². The Morgan fingerprint density at radius 1 is 1.08 bits per heavy atom. The lowest BCUT2D eigenvalue weighted by molar-refractivity contribution is -0.137. The molecule has 0 spiro atoms. The van der Waals surface area contributed by atoms with Crippen LogP contribution in [-0.4, -0.2) is 10.7 Å². The number of rotatable bonds is 2. The molecule has 1 heterocycles. The van der Waals surface area contributed by atoms with Crippen molar-refractivity contribution in [2.45, 2.75) is 19.0 Å². The van der Waals surface area contributed by atoms with Crippen LogP contribution in [0, 0.1) is 0 Å². The van der Waals surface area contributed by atoms with E-state index in [0.29, 0.717) is 29.2 Å². The van der Waals surface area contributed by atoms with Crippen molar-refractivity contribution in [1.82, 2.24) is 4.98 Å². The molecule has 0 unspecified atom stereocenters. The van der Waals surface area contributed by atoms with Gasteiger partial charge >= 0.3 is 6.18 Å². The van der Waals surface area contributed by atoms with E-state index in [2.05, 4.69) is 15.5 Å². The number of nitrogens with zero attached hydrogens (tertiary/aromatic N) is 2. The molecule has 0 atom stereocenters. The quantitative estimate of drug-likeness (QED) is 0.657. The largest absolute Gasteiger partial charge is 0.416 e. The zero-order valence-electron chi connectivity index (χ0n) is 12.4. The number of benzene rings is 2. The van der Waals surface area contributed by atoms with E-state index in [1.54, 1.807) is 6.07 Å². The number of fused-ring (bicyclic) bond motifs is 2. The van der Waals surface area contributed by atoms with Gasteiger partial charge in [-0.15, -0.1) is 0 Å².